The number of aliphatic hydroxyl groups is 1. The van der Waals surface area contributed by atoms with Crippen LogP contribution in [-0.2, 0) is 0 Å². The lowest BCUT2D eigenvalue weighted by Gasteiger charge is -2.25. The largest absolute Gasteiger partial charge is 0.478 e. The second-order valence-corrected chi connectivity index (χ2v) is 5.43. The molecule has 0 radical (unpaired) electrons. The van der Waals surface area contributed by atoms with E-state index in [-0.39, 0.29) is 12.0 Å². The van der Waals surface area contributed by atoms with Gasteiger partial charge in [0, 0.05) is 13.2 Å². The zero-order chi connectivity index (χ0) is 14.3. The third-order valence-electron chi connectivity index (χ3n) is 3.06. The van der Waals surface area contributed by atoms with Gasteiger partial charge in [0.2, 0.25) is 5.88 Å². The van der Waals surface area contributed by atoms with Crippen molar-refractivity contribution < 1.29 is 9.84 Å². The van der Waals surface area contributed by atoms with Crippen molar-refractivity contribution in [2.75, 3.05) is 25.1 Å². The van der Waals surface area contributed by atoms with E-state index in [0.717, 1.165) is 30.8 Å². The number of rotatable bonds is 8. The first-order valence-corrected chi connectivity index (χ1v) is 6.79. The molecule has 0 unspecified atom stereocenters. The molecule has 1 aromatic rings. The summed E-state index contributed by atoms with van der Waals surface area (Å²) in [7, 11) is 0. The van der Waals surface area contributed by atoms with Crippen LogP contribution in [0.15, 0.2) is 6.33 Å². The Bertz CT molecular complexity index is 394. The number of hydrogen-bond donors (Lipinski definition) is 2. The topological polar surface area (TPSA) is 67.3 Å². The summed E-state index contributed by atoms with van der Waals surface area (Å²) in [4.78, 5) is 8.37. The molecule has 0 fully saturated rings. The SMILES string of the molecule is CCOc1ncnc(NCC(C)(C)CCCO)c1C. The molecule has 0 saturated carbocycles. The number of anilines is 1. The average molecular weight is 267 g/mol. The molecule has 108 valence electrons. The molecule has 1 rings (SSSR count). The Labute approximate surface area is 115 Å². The minimum Gasteiger partial charge on any atom is -0.478 e. The maximum Gasteiger partial charge on any atom is 0.221 e. The predicted molar refractivity (Wildman–Crippen MR) is 76.5 cm³/mol. The maximum atomic E-state index is 8.90. The van der Waals surface area contributed by atoms with E-state index in [1.165, 1.54) is 6.33 Å². The number of aromatic nitrogens is 2. The number of nitrogens with one attached hydrogen (secondary N) is 1. The lowest BCUT2D eigenvalue weighted by molar-refractivity contribution is 0.247. The Morgan fingerprint density at radius 2 is 2.11 bits per heavy atom. The lowest BCUT2D eigenvalue weighted by atomic mass is 9.88. The molecule has 0 aromatic carbocycles. The highest BCUT2D eigenvalue weighted by Gasteiger charge is 2.18. The van der Waals surface area contributed by atoms with Crippen LogP contribution in [0.2, 0.25) is 0 Å². The normalized spacial score (nSPS) is 11.4. The van der Waals surface area contributed by atoms with Crippen LogP contribution in [0.5, 0.6) is 5.88 Å². The fraction of sp³-hybridized carbons (Fsp3) is 0.714. The summed E-state index contributed by atoms with van der Waals surface area (Å²) in [6, 6.07) is 0. The molecular weight excluding hydrogens is 242 g/mol. The molecule has 0 amide bonds. The summed E-state index contributed by atoms with van der Waals surface area (Å²) >= 11 is 0. The number of hydrogen-bond acceptors (Lipinski definition) is 5. The quantitative estimate of drug-likeness (QED) is 0.757. The van der Waals surface area contributed by atoms with E-state index in [0.29, 0.717) is 12.5 Å². The van der Waals surface area contributed by atoms with Gasteiger partial charge in [-0.05, 0) is 32.1 Å². The molecule has 1 heterocycles. The molecular formula is C14H25N3O2. The highest BCUT2D eigenvalue weighted by atomic mass is 16.5. The average Bonchev–Trinajstić information content (AvgIpc) is 2.38. The van der Waals surface area contributed by atoms with Gasteiger partial charge in [0.25, 0.3) is 0 Å². The maximum absolute atomic E-state index is 8.90. The Hall–Kier alpha value is -1.36. The smallest absolute Gasteiger partial charge is 0.221 e. The molecule has 0 spiro atoms. The van der Waals surface area contributed by atoms with Crippen LogP contribution in [0.25, 0.3) is 0 Å². The van der Waals surface area contributed by atoms with Crippen LogP contribution >= 0.6 is 0 Å². The van der Waals surface area contributed by atoms with Crippen molar-refractivity contribution in [3.63, 3.8) is 0 Å². The van der Waals surface area contributed by atoms with Gasteiger partial charge in [-0.25, -0.2) is 9.97 Å². The van der Waals surface area contributed by atoms with E-state index < -0.39 is 0 Å². The van der Waals surface area contributed by atoms with Crippen LogP contribution in [-0.4, -0.2) is 34.8 Å². The van der Waals surface area contributed by atoms with Crippen LogP contribution in [0.4, 0.5) is 5.82 Å². The van der Waals surface area contributed by atoms with Gasteiger partial charge in [0.15, 0.2) is 0 Å². The Balaban J connectivity index is 2.64. The van der Waals surface area contributed by atoms with E-state index >= 15 is 0 Å². The van der Waals surface area contributed by atoms with Crippen molar-refractivity contribution in [2.24, 2.45) is 5.41 Å². The molecule has 5 heteroatoms. The monoisotopic (exact) mass is 267 g/mol. The molecule has 0 bridgehead atoms. The number of aliphatic hydroxyl groups excluding tert-OH is 1. The Morgan fingerprint density at radius 1 is 1.37 bits per heavy atom. The first kappa shape index (κ1) is 15.7. The minimum absolute atomic E-state index is 0.117. The molecule has 0 aliphatic rings. The molecule has 0 saturated heterocycles. The van der Waals surface area contributed by atoms with Gasteiger partial charge in [0.05, 0.1) is 12.2 Å². The molecule has 1 aromatic heterocycles. The van der Waals surface area contributed by atoms with E-state index in [4.69, 9.17) is 9.84 Å². The minimum atomic E-state index is 0.117. The first-order valence-electron chi connectivity index (χ1n) is 6.79. The van der Waals surface area contributed by atoms with Gasteiger partial charge in [0.1, 0.15) is 12.1 Å². The standard InChI is InChI=1S/C14H25N3O2/c1-5-19-13-11(2)12(16-10-17-13)15-9-14(3,4)7-6-8-18/h10,18H,5-9H2,1-4H3,(H,15,16,17). The summed E-state index contributed by atoms with van der Waals surface area (Å²) < 4.78 is 5.45. The zero-order valence-electron chi connectivity index (χ0n) is 12.4. The second-order valence-electron chi connectivity index (χ2n) is 5.43. The van der Waals surface area contributed by atoms with Crippen LogP contribution in [0, 0.1) is 12.3 Å². The molecule has 0 aliphatic carbocycles. The number of ether oxygens (including phenoxy) is 1. The zero-order valence-corrected chi connectivity index (χ0v) is 12.4. The lowest BCUT2D eigenvalue weighted by Crippen LogP contribution is -2.24. The predicted octanol–water partition coefficient (Wildman–Crippen LogP) is 2.39. The number of nitrogens with zero attached hydrogens (tertiary/aromatic N) is 2. The van der Waals surface area contributed by atoms with Gasteiger partial charge in [-0.3, -0.25) is 0 Å². The van der Waals surface area contributed by atoms with Crippen LogP contribution in [0.1, 0.15) is 39.2 Å². The fourth-order valence-corrected chi connectivity index (χ4v) is 1.86. The Kier molecular flexibility index (Phi) is 6.02. The summed E-state index contributed by atoms with van der Waals surface area (Å²) in [5.74, 6) is 1.45. The molecule has 0 atom stereocenters. The van der Waals surface area contributed by atoms with Crippen molar-refractivity contribution in [1.82, 2.24) is 9.97 Å². The highest BCUT2D eigenvalue weighted by Crippen LogP contribution is 2.25. The van der Waals surface area contributed by atoms with Gasteiger partial charge >= 0.3 is 0 Å². The van der Waals surface area contributed by atoms with Crippen molar-refractivity contribution in [2.45, 2.75) is 40.5 Å². The Morgan fingerprint density at radius 3 is 2.74 bits per heavy atom. The van der Waals surface area contributed by atoms with Crippen molar-refractivity contribution in [1.29, 1.82) is 0 Å². The van der Waals surface area contributed by atoms with E-state index in [9.17, 15) is 0 Å². The second kappa shape index (κ2) is 7.28. The fourth-order valence-electron chi connectivity index (χ4n) is 1.86. The summed E-state index contributed by atoms with van der Waals surface area (Å²) in [6.07, 6.45) is 3.31. The molecule has 0 aliphatic heterocycles. The van der Waals surface area contributed by atoms with Gasteiger partial charge in [-0.2, -0.15) is 0 Å². The third-order valence-corrected chi connectivity index (χ3v) is 3.06. The van der Waals surface area contributed by atoms with E-state index in [1.54, 1.807) is 0 Å². The van der Waals surface area contributed by atoms with Crippen molar-refractivity contribution in [3.8, 4) is 5.88 Å². The van der Waals surface area contributed by atoms with Gasteiger partial charge in [-0.15, -0.1) is 0 Å². The van der Waals surface area contributed by atoms with Gasteiger partial charge in [-0.1, -0.05) is 13.8 Å². The third kappa shape index (κ3) is 5.03. The van der Waals surface area contributed by atoms with Crippen molar-refractivity contribution >= 4 is 5.82 Å². The van der Waals surface area contributed by atoms with Gasteiger partial charge < -0.3 is 15.2 Å². The molecule has 5 nitrogen and oxygen atoms in total. The van der Waals surface area contributed by atoms with Crippen LogP contribution < -0.4 is 10.1 Å². The summed E-state index contributed by atoms with van der Waals surface area (Å²) in [5, 5.41) is 12.2. The van der Waals surface area contributed by atoms with E-state index in [2.05, 4.69) is 29.1 Å². The summed E-state index contributed by atoms with van der Waals surface area (Å²) in [5.41, 5.74) is 1.05. The van der Waals surface area contributed by atoms with Crippen molar-refractivity contribution in [3.05, 3.63) is 11.9 Å². The highest BCUT2D eigenvalue weighted by molar-refractivity contribution is 5.47. The van der Waals surface area contributed by atoms with E-state index in [1.807, 2.05) is 13.8 Å². The first-order chi connectivity index (χ1) is 9.00. The molecule has 19 heavy (non-hydrogen) atoms. The van der Waals surface area contributed by atoms with Crippen LogP contribution in [0.3, 0.4) is 0 Å². The summed E-state index contributed by atoms with van der Waals surface area (Å²) in [6.45, 7) is 9.88. The molecule has 2 N–H and O–H groups in total.